The van der Waals surface area contributed by atoms with Gasteiger partial charge in [0.2, 0.25) is 0 Å². The molecule has 2 aromatic rings. The number of ether oxygens (including phenoxy) is 1. The normalized spacial score (nSPS) is 16.5. The highest BCUT2D eigenvalue weighted by atomic mass is 32.1. The van der Waals surface area contributed by atoms with E-state index >= 15 is 0 Å². The molecule has 0 saturated carbocycles. The molecule has 3 rings (SSSR count). The highest BCUT2D eigenvalue weighted by molar-refractivity contribution is 7.80. The van der Waals surface area contributed by atoms with E-state index in [1.165, 1.54) is 13.2 Å². The summed E-state index contributed by atoms with van der Waals surface area (Å²) in [5.41, 5.74) is 3.06. The number of hydrogen-bond acceptors (Lipinski definition) is 4. The van der Waals surface area contributed by atoms with Crippen LogP contribution < -0.4 is 10.2 Å². The minimum atomic E-state index is -0.584. The van der Waals surface area contributed by atoms with E-state index in [1.54, 1.807) is 55.1 Å². The van der Waals surface area contributed by atoms with Crippen molar-refractivity contribution in [3.8, 4) is 6.07 Å². The van der Waals surface area contributed by atoms with Crippen LogP contribution in [0, 0.1) is 24.1 Å². The maximum Gasteiger partial charge on any atom is 0.337 e. The van der Waals surface area contributed by atoms with Crippen LogP contribution in [0.15, 0.2) is 53.7 Å². The van der Waals surface area contributed by atoms with Crippen molar-refractivity contribution in [2.45, 2.75) is 19.9 Å². The van der Waals surface area contributed by atoms with Gasteiger partial charge < -0.3 is 10.1 Å². The quantitative estimate of drug-likeness (QED) is 0.628. The molecule has 0 fully saturated rings. The topological polar surface area (TPSA) is 65.4 Å². The molecular weight excluding hydrogens is 377 g/mol. The maximum absolute atomic E-state index is 14.1. The molecule has 0 radical (unpaired) electrons. The van der Waals surface area contributed by atoms with E-state index in [0.29, 0.717) is 38.8 Å². The van der Waals surface area contributed by atoms with Gasteiger partial charge in [0, 0.05) is 5.70 Å². The van der Waals surface area contributed by atoms with Crippen LogP contribution in [0.4, 0.5) is 10.1 Å². The van der Waals surface area contributed by atoms with Crippen molar-refractivity contribution in [1.29, 1.82) is 5.26 Å². The number of carbonyl (C=O) groups is 1. The fraction of sp³-hybridized carbons (Fsp3) is 0.190. The van der Waals surface area contributed by atoms with Gasteiger partial charge in [0.1, 0.15) is 5.82 Å². The first-order chi connectivity index (χ1) is 13.4. The zero-order valence-electron chi connectivity index (χ0n) is 15.6. The number of carbonyl (C=O) groups excluding carboxylic acids is 1. The fourth-order valence-corrected chi connectivity index (χ4v) is 3.55. The summed E-state index contributed by atoms with van der Waals surface area (Å²) in [6.45, 7) is 3.41. The van der Waals surface area contributed by atoms with Gasteiger partial charge in [-0.05, 0) is 61.5 Å². The average molecular weight is 395 g/mol. The van der Waals surface area contributed by atoms with Crippen LogP contribution in [-0.2, 0) is 9.53 Å². The van der Waals surface area contributed by atoms with E-state index in [-0.39, 0.29) is 5.82 Å². The second kappa shape index (κ2) is 7.79. The van der Waals surface area contributed by atoms with E-state index in [2.05, 4.69) is 11.4 Å². The molecule has 0 amide bonds. The number of hydrogen-bond donors (Lipinski definition) is 1. The van der Waals surface area contributed by atoms with Crippen LogP contribution in [0.3, 0.4) is 0 Å². The van der Waals surface area contributed by atoms with Gasteiger partial charge in [-0.25, -0.2) is 9.18 Å². The number of nitrogens with zero attached hydrogens (tertiary/aromatic N) is 2. The van der Waals surface area contributed by atoms with Crippen molar-refractivity contribution < 1.29 is 13.9 Å². The van der Waals surface area contributed by atoms with Crippen molar-refractivity contribution in [2.24, 2.45) is 0 Å². The Hall–Kier alpha value is -3.24. The summed E-state index contributed by atoms with van der Waals surface area (Å²) < 4.78 is 19.1. The van der Waals surface area contributed by atoms with E-state index < -0.39 is 12.0 Å². The molecule has 1 aliphatic rings. The van der Waals surface area contributed by atoms with Crippen molar-refractivity contribution >= 4 is 29.0 Å². The summed E-state index contributed by atoms with van der Waals surface area (Å²) >= 11 is 5.52. The molecule has 142 valence electrons. The van der Waals surface area contributed by atoms with Gasteiger partial charge in [-0.3, -0.25) is 4.90 Å². The highest BCUT2D eigenvalue weighted by Crippen LogP contribution is 2.34. The lowest BCUT2D eigenvalue weighted by molar-refractivity contribution is -0.136. The van der Waals surface area contributed by atoms with Gasteiger partial charge in [0.15, 0.2) is 5.11 Å². The molecule has 5 nitrogen and oxygen atoms in total. The minimum absolute atomic E-state index is 0.320. The lowest BCUT2D eigenvalue weighted by Gasteiger charge is -2.37. The van der Waals surface area contributed by atoms with E-state index in [4.69, 9.17) is 17.0 Å². The number of benzene rings is 2. The fourth-order valence-electron chi connectivity index (χ4n) is 3.19. The van der Waals surface area contributed by atoms with Gasteiger partial charge >= 0.3 is 5.97 Å². The molecule has 2 aromatic carbocycles. The first kappa shape index (κ1) is 19.5. The van der Waals surface area contributed by atoms with Gasteiger partial charge in [-0.1, -0.05) is 18.2 Å². The molecule has 0 spiro atoms. The number of thiocarbonyl (C=S) groups is 1. The minimum Gasteiger partial charge on any atom is -0.466 e. The van der Waals surface area contributed by atoms with Gasteiger partial charge in [0.25, 0.3) is 0 Å². The van der Waals surface area contributed by atoms with E-state index in [9.17, 15) is 14.4 Å². The summed E-state index contributed by atoms with van der Waals surface area (Å²) in [7, 11) is 1.30. The van der Waals surface area contributed by atoms with Crippen molar-refractivity contribution in [3.05, 3.63) is 76.2 Å². The van der Waals surface area contributed by atoms with Crippen molar-refractivity contribution in [3.63, 3.8) is 0 Å². The molecule has 1 atom stereocenters. The SMILES string of the molecule is COC(=O)C1=C(C)N(c2ccc(C)c(F)c2)C(=S)N[C@@H]1c1cccc(C#N)c1. The number of esters is 1. The van der Waals surface area contributed by atoms with Crippen molar-refractivity contribution in [1.82, 2.24) is 5.32 Å². The van der Waals surface area contributed by atoms with Gasteiger partial charge in [-0.2, -0.15) is 5.26 Å². The number of nitriles is 1. The van der Waals surface area contributed by atoms with Crippen LogP contribution in [0.2, 0.25) is 0 Å². The third-order valence-corrected chi connectivity index (χ3v) is 4.95. The Bertz CT molecular complexity index is 1040. The molecule has 0 bridgehead atoms. The number of halogens is 1. The third kappa shape index (κ3) is 3.47. The predicted octanol–water partition coefficient (Wildman–Crippen LogP) is 3.89. The number of rotatable bonds is 3. The van der Waals surface area contributed by atoms with Crippen LogP contribution in [-0.4, -0.2) is 18.2 Å². The van der Waals surface area contributed by atoms with E-state index in [1.807, 2.05) is 0 Å². The number of allylic oxidation sites excluding steroid dienone is 1. The highest BCUT2D eigenvalue weighted by Gasteiger charge is 2.35. The molecule has 1 heterocycles. The summed E-state index contributed by atoms with van der Waals surface area (Å²) in [5, 5.41) is 12.6. The standard InChI is InChI=1S/C21H18FN3O2S/c1-12-7-8-16(10-17(12)22)25-13(2)18(20(26)27-3)19(24-21(25)28)15-6-4-5-14(9-15)11-23/h4-10,19H,1-3H3,(H,24,28)/t19-/m1/s1. The van der Waals surface area contributed by atoms with Crippen LogP contribution in [0.25, 0.3) is 0 Å². The Labute approximate surface area is 168 Å². The first-order valence-electron chi connectivity index (χ1n) is 8.53. The largest absolute Gasteiger partial charge is 0.466 e. The summed E-state index contributed by atoms with van der Waals surface area (Å²) in [6, 6.07) is 13.2. The predicted molar refractivity (Wildman–Crippen MR) is 108 cm³/mol. The molecule has 0 aliphatic carbocycles. The molecule has 28 heavy (non-hydrogen) atoms. The number of methoxy groups -OCH3 is 1. The summed E-state index contributed by atoms with van der Waals surface area (Å²) in [4.78, 5) is 14.2. The Morgan fingerprint density at radius 1 is 1.29 bits per heavy atom. The second-order valence-corrected chi connectivity index (χ2v) is 6.77. The number of anilines is 1. The average Bonchev–Trinajstić information content (AvgIpc) is 2.69. The molecule has 0 saturated heterocycles. The lowest BCUT2D eigenvalue weighted by Crippen LogP contribution is -2.48. The Balaban J connectivity index is 2.16. The third-order valence-electron chi connectivity index (χ3n) is 4.65. The molecule has 1 aliphatic heterocycles. The molecule has 0 unspecified atom stereocenters. The molecule has 0 aromatic heterocycles. The smallest absolute Gasteiger partial charge is 0.337 e. The van der Waals surface area contributed by atoms with Crippen LogP contribution in [0.5, 0.6) is 0 Å². The Morgan fingerprint density at radius 3 is 2.68 bits per heavy atom. The zero-order chi connectivity index (χ0) is 20.4. The first-order valence-corrected chi connectivity index (χ1v) is 8.94. The monoisotopic (exact) mass is 395 g/mol. The summed E-state index contributed by atoms with van der Waals surface area (Å²) in [6.07, 6.45) is 0. The van der Waals surface area contributed by atoms with Crippen LogP contribution >= 0.6 is 12.2 Å². The molecule has 7 heteroatoms. The second-order valence-electron chi connectivity index (χ2n) is 6.38. The lowest BCUT2D eigenvalue weighted by atomic mass is 9.93. The maximum atomic E-state index is 14.1. The Kier molecular flexibility index (Phi) is 5.43. The van der Waals surface area contributed by atoms with Gasteiger partial charge in [-0.15, -0.1) is 0 Å². The Morgan fingerprint density at radius 2 is 2.04 bits per heavy atom. The van der Waals surface area contributed by atoms with Crippen molar-refractivity contribution in [2.75, 3.05) is 12.0 Å². The molecular formula is C21H18FN3O2S. The summed E-state index contributed by atoms with van der Waals surface area (Å²) in [5.74, 6) is -0.894. The molecule has 1 N–H and O–H groups in total. The zero-order valence-corrected chi connectivity index (χ0v) is 16.4. The number of aryl methyl sites for hydroxylation is 1. The van der Waals surface area contributed by atoms with Gasteiger partial charge in [0.05, 0.1) is 36.0 Å². The van der Waals surface area contributed by atoms with E-state index in [0.717, 1.165) is 0 Å². The van der Waals surface area contributed by atoms with Crippen LogP contribution in [0.1, 0.15) is 29.7 Å². The number of nitrogens with one attached hydrogen (secondary N) is 1.